The lowest BCUT2D eigenvalue weighted by molar-refractivity contribution is 0.0697. The van der Waals surface area contributed by atoms with Crippen LogP contribution in [0.3, 0.4) is 0 Å². The number of benzene rings is 1. The minimum atomic E-state index is -0.400. The molecule has 1 N–H and O–H groups in total. The Bertz CT molecular complexity index is 453. The Morgan fingerprint density at radius 3 is 3.00 bits per heavy atom. The molecule has 0 spiro atoms. The fourth-order valence-electron chi connectivity index (χ4n) is 2.21. The Morgan fingerprint density at radius 2 is 2.33 bits per heavy atom. The topological polar surface area (TPSA) is 32.3 Å². The molecule has 1 heterocycles. The predicted molar refractivity (Wildman–Crippen MR) is 72.1 cm³/mol. The Hall–Kier alpha value is -0.940. The third-order valence-electron chi connectivity index (χ3n) is 3.28. The van der Waals surface area contributed by atoms with Crippen molar-refractivity contribution in [3.8, 4) is 0 Å². The number of nitrogens with zero attached hydrogens (tertiary/aromatic N) is 1. The average Bonchev–Trinajstić information content (AvgIpc) is 2.41. The van der Waals surface area contributed by atoms with Gasteiger partial charge >= 0.3 is 0 Å². The first-order valence-electron chi connectivity index (χ1n) is 6.03. The largest absolute Gasteiger partial charge is 0.337 e. The van der Waals surface area contributed by atoms with Crippen LogP contribution in [0.15, 0.2) is 22.7 Å². The molecule has 1 saturated heterocycles. The van der Waals surface area contributed by atoms with E-state index in [1.54, 1.807) is 17.0 Å². The maximum Gasteiger partial charge on any atom is 0.254 e. The molecule has 1 aliphatic heterocycles. The fourth-order valence-corrected chi connectivity index (χ4v) is 2.46. The standard InChI is InChI=1S/C13H16BrFN2O/c1-16-10-3-2-6-17(8-10)13(18)9-4-5-11(14)12(15)7-9/h4-5,7,10,16H,2-3,6,8H2,1H3/t10-/m1/s1. The number of piperidine rings is 1. The maximum atomic E-state index is 13.4. The molecule has 0 aliphatic carbocycles. The summed E-state index contributed by atoms with van der Waals surface area (Å²) in [6.07, 6.45) is 2.06. The molecule has 0 unspecified atom stereocenters. The molecule has 0 radical (unpaired) electrons. The van der Waals surface area contributed by atoms with Crippen molar-refractivity contribution in [1.82, 2.24) is 10.2 Å². The Labute approximate surface area is 114 Å². The van der Waals surface area contributed by atoms with Crippen molar-refractivity contribution in [1.29, 1.82) is 0 Å². The number of nitrogens with one attached hydrogen (secondary N) is 1. The van der Waals surface area contributed by atoms with E-state index in [1.165, 1.54) is 6.07 Å². The second-order valence-electron chi connectivity index (χ2n) is 4.51. The molecule has 5 heteroatoms. The van der Waals surface area contributed by atoms with E-state index in [9.17, 15) is 9.18 Å². The van der Waals surface area contributed by atoms with Crippen molar-refractivity contribution in [3.05, 3.63) is 34.1 Å². The van der Waals surface area contributed by atoms with Crippen molar-refractivity contribution in [2.24, 2.45) is 0 Å². The monoisotopic (exact) mass is 314 g/mol. The molecular formula is C13H16BrFN2O. The molecule has 3 nitrogen and oxygen atoms in total. The van der Waals surface area contributed by atoms with Crippen molar-refractivity contribution < 1.29 is 9.18 Å². The summed E-state index contributed by atoms with van der Waals surface area (Å²) in [4.78, 5) is 14.0. The highest BCUT2D eigenvalue weighted by Gasteiger charge is 2.23. The summed E-state index contributed by atoms with van der Waals surface area (Å²) in [5, 5.41) is 3.19. The van der Waals surface area contributed by atoms with Crippen LogP contribution >= 0.6 is 15.9 Å². The van der Waals surface area contributed by atoms with Gasteiger partial charge in [0.2, 0.25) is 0 Å². The number of amides is 1. The summed E-state index contributed by atoms with van der Waals surface area (Å²) >= 11 is 3.09. The van der Waals surface area contributed by atoms with Gasteiger partial charge < -0.3 is 10.2 Å². The highest BCUT2D eigenvalue weighted by Crippen LogP contribution is 2.19. The first kappa shape index (κ1) is 13.5. The summed E-state index contributed by atoms with van der Waals surface area (Å²) < 4.78 is 13.8. The van der Waals surface area contributed by atoms with Crippen molar-refractivity contribution in [3.63, 3.8) is 0 Å². The summed E-state index contributed by atoms with van der Waals surface area (Å²) in [5.74, 6) is -0.496. The van der Waals surface area contributed by atoms with E-state index in [4.69, 9.17) is 0 Å². The van der Waals surface area contributed by atoms with Crippen LogP contribution in [0.2, 0.25) is 0 Å². The second kappa shape index (κ2) is 5.80. The zero-order chi connectivity index (χ0) is 13.1. The fraction of sp³-hybridized carbons (Fsp3) is 0.462. The highest BCUT2D eigenvalue weighted by atomic mass is 79.9. The number of halogens is 2. The van der Waals surface area contributed by atoms with Gasteiger partial charge in [0.15, 0.2) is 0 Å². The molecule has 98 valence electrons. The van der Waals surface area contributed by atoms with Gasteiger partial charge in [-0.05, 0) is 54.0 Å². The molecule has 2 rings (SSSR count). The lowest BCUT2D eigenvalue weighted by Gasteiger charge is -2.32. The van der Waals surface area contributed by atoms with Crippen LogP contribution in [0.5, 0.6) is 0 Å². The normalized spacial score (nSPS) is 19.9. The molecule has 0 saturated carbocycles. The lowest BCUT2D eigenvalue weighted by atomic mass is 10.0. The van der Waals surface area contributed by atoms with Gasteiger partial charge in [-0.15, -0.1) is 0 Å². The third kappa shape index (κ3) is 2.90. The van der Waals surface area contributed by atoms with Crippen molar-refractivity contribution in [2.75, 3.05) is 20.1 Å². The van der Waals surface area contributed by atoms with Gasteiger partial charge in [0.1, 0.15) is 5.82 Å². The average molecular weight is 315 g/mol. The van der Waals surface area contributed by atoms with Gasteiger partial charge in [0.05, 0.1) is 4.47 Å². The molecule has 1 amide bonds. The molecule has 1 fully saturated rings. The minimum Gasteiger partial charge on any atom is -0.337 e. The Balaban J connectivity index is 2.12. The highest BCUT2D eigenvalue weighted by molar-refractivity contribution is 9.10. The second-order valence-corrected chi connectivity index (χ2v) is 5.36. The van der Waals surface area contributed by atoms with E-state index in [1.807, 2.05) is 7.05 Å². The molecule has 1 aliphatic rings. The van der Waals surface area contributed by atoms with Gasteiger partial charge in [-0.1, -0.05) is 0 Å². The maximum absolute atomic E-state index is 13.4. The van der Waals surface area contributed by atoms with E-state index in [-0.39, 0.29) is 5.91 Å². The van der Waals surface area contributed by atoms with Crippen molar-refractivity contribution >= 4 is 21.8 Å². The van der Waals surface area contributed by atoms with Gasteiger partial charge in [-0.3, -0.25) is 4.79 Å². The Kier molecular flexibility index (Phi) is 4.35. The molecule has 18 heavy (non-hydrogen) atoms. The van der Waals surface area contributed by atoms with Gasteiger partial charge in [0.25, 0.3) is 5.91 Å². The number of rotatable bonds is 2. The summed E-state index contributed by atoms with van der Waals surface area (Å²) in [7, 11) is 1.90. The van der Waals surface area contributed by atoms with Crippen LogP contribution in [-0.2, 0) is 0 Å². The lowest BCUT2D eigenvalue weighted by Crippen LogP contribution is -2.46. The first-order valence-corrected chi connectivity index (χ1v) is 6.82. The van der Waals surface area contributed by atoms with E-state index in [0.29, 0.717) is 22.6 Å². The molecule has 0 aromatic heterocycles. The van der Waals surface area contributed by atoms with E-state index >= 15 is 0 Å². The van der Waals surface area contributed by atoms with Gasteiger partial charge in [0, 0.05) is 24.7 Å². The third-order valence-corrected chi connectivity index (χ3v) is 3.93. The van der Waals surface area contributed by atoms with E-state index in [0.717, 1.165) is 19.4 Å². The number of hydrogen-bond acceptors (Lipinski definition) is 2. The van der Waals surface area contributed by atoms with Crippen LogP contribution in [0.1, 0.15) is 23.2 Å². The zero-order valence-corrected chi connectivity index (χ0v) is 11.8. The summed E-state index contributed by atoms with van der Waals surface area (Å²) in [6.45, 7) is 1.43. The van der Waals surface area contributed by atoms with Crippen LogP contribution < -0.4 is 5.32 Å². The molecule has 1 aromatic carbocycles. The Morgan fingerprint density at radius 1 is 1.56 bits per heavy atom. The number of hydrogen-bond donors (Lipinski definition) is 1. The predicted octanol–water partition coefficient (Wildman–Crippen LogP) is 2.41. The molecule has 1 atom stereocenters. The van der Waals surface area contributed by atoms with Crippen LogP contribution in [0, 0.1) is 5.82 Å². The molecule has 1 aromatic rings. The van der Waals surface area contributed by atoms with Gasteiger partial charge in [-0.25, -0.2) is 4.39 Å². The van der Waals surface area contributed by atoms with Crippen LogP contribution in [0.4, 0.5) is 4.39 Å². The van der Waals surface area contributed by atoms with Crippen LogP contribution in [0.25, 0.3) is 0 Å². The number of carbonyl (C=O) groups excluding carboxylic acids is 1. The van der Waals surface area contributed by atoms with Crippen molar-refractivity contribution in [2.45, 2.75) is 18.9 Å². The first-order chi connectivity index (χ1) is 8.61. The summed E-state index contributed by atoms with van der Waals surface area (Å²) in [6, 6.07) is 4.85. The number of carbonyl (C=O) groups is 1. The summed E-state index contributed by atoms with van der Waals surface area (Å²) in [5.41, 5.74) is 0.410. The zero-order valence-electron chi connectivity index (χ0n) is 10.2. The molecule has 0 bridgehead atoms. The SMILES string of the molecule is CN[C@@H]1CCCN(C(=O)c2ccc(Br)c(F)c2)C1. The van der Waals surface area contributed by atoms with E-state index in [2.05, 4.69) is 21.2 Å². The minimum absolute atomic E-state index is 0.0960. The number of likely N-dealkylation sites (tertiary alicyclic amines) is 1. The molecular weight excluding hydrogens is 299 g/mol. The smallest absolute Gasteiger partial charge is 0.254 e. The van der Waals surface area contributed by atoms with E-state index < -0.39 is 5.82 Å². The number of likely N-dealkylation sites (N-methyl/N-ethyl adjacent to an activating group) is 1. The van der Waals surface area contributed by atoms with Crippen LogP contribution in [-0.4, -0.2) is 37.0 Å². The van der Waals surface area contributed by atoms with Gasteiger partial charge in [-0.2, -0.15) is 0 Å². The quantitative estimate of drug-likeness (QED) is 0.909.